The van der Waals surface area contributed by atoms with Crippen LogP contribution in [0.15, 0.2) is 52.5 Å². The molecule has 4 nitrogen and oxygen atoms in total. The third kappa shape index (κ3) is 3.48. The van der Waals surface area contributed by atoms with Gasteiger partial charge < -0.3 is 0 Å². The number of nitrogens with one attached hydrogen (secondary N) is 1. The maximum atomic E-state index is 12.9. The molecule has 1 N–H and O–H groups in total. The number of amides is 2. The Balaban J connectivity index is 2.09. The van der Waals surface area contributed by atoms with Crippen molar-refractivity contribution in [2.24, 2.45) is 0 Å². The van der Waals surface area contributed by atoms with Crippen LogP contribution >= 0.6 is 51.3 Å². The van der Waals surface area contributed by atoms with Gasteiger partial charge in [-0.2, -0.15) is 0 Å². The van der Waals surface area contributed by atoms with E-state index >= 15 is 0 Å². The Bertz CT molecular complexity index is 946. The van der Waals surface area contributed by atoms with Crippen molar-refractivity contribution in [2.45, 2.75) is 0 Å². The van der Waals surface area contributed by atoms with E-state index in [2.05, 4.69) is 21.2 Å². The van der Waals surface area contributed by atoms with Gasteiger partial charge in [-0.05, 0) is 42.1 Å². The van der Waals surface area contributed by atoms with Crippen molar-refractivity contribution in [1.82, 2.24) is 5.32 Å². The lowest BCUT2D eigenvalue weighted by atomic mass is 10.1. The minimum absolute atomic E-state index is 0.0524. The summed E-state index contributed by atoms with van der Waals surface area (Å²) < 4.78 is 0.753. The summed E-state index contributed by atoms with van der Waals surface area (Å²) in [4.78, 5) is 26.3. The number of hydrogen-bond donors (Lipinski definition) is 1. The Kier molecular flexibility index (Phi) is 5.24. The van der Waals surface area contributed by atoms with Gasteiger partial charge in [0.2, 0.25) is 0 Å². The lowest BCUT2D eigenvalue weighted by molar-refractivity contribution is -0.122. The van der Waals surface area contributed by atoms with Gasteiger partial charge in [-0.1, -0.05) is 63.4 Å². The number of halogens is 3. The fourth-order valence-corrected chi connectivity index (χ4v) is 3.34. The number of carbonyl (C=O) groups excluding carboxylic acids is 2. The molecule has 1 heterocycles. The summed E-state index contributed by atoms with van der Waals surface area (Å²) in [6.07, 6.45) is 1.50. The maximum absolute atomic E-state index is 12.9. The first-order valence-corrected chi connectivity index (χ1v) is 8.96. The van der Waals surface area contributed by atoms with Crippen LogP contribution in [-0.2, 0) is 9.59 Å². The fourth-order valence-electron chi connectivity index (χ4n) is 2.29. The molecule has 1 aliphatic heterocycles. The first-order chi connectivity index (χ1) is 11.9. The van der Waals surface area contributed by atoms with Gasteiger partial charge in [-0.3, -0.25) is 19.8 Å². The van der Waals surface area contributed by atoms with E-state index in [1.165, 1.54) is 6.08 Å². The summed E-state index contributed by atoms with van der Waals surface area (Å²) >= 11 is 20.8. The Morgan fingerprint density at radius 1 is 1.08 bits per heavy atom. The predicted octanol–water partition coefficient (Wildman–Crippen LogP) is 4.59. The van der Waals surface area contributed by atoms with E-state index in [0.29, 0.717) is 11.3 Å². The van der Waals surface area contributed by atoms with Crippen LogP contribution in [0.1, 0.15) is 5.56 Å². The molecule has 2 aromatic carbocycles. The van der Waals surface area contributed by atoms with Gasteiger partial charge in [-0.15, -0.1) is 0 Å². The topological polar surface area (TPSA) is 49.4 Å². The molecule has 2 amide bonds. The van der Waals surface area contributed by atoms with Crippen LogP contribution in [0.3, 0.4) is 0 Å². The van der Waals surface area contributed by atoms with E-state index in [1.54, 1.807) is 30.3 Å². The molecule has 0 atom stereocenters. The van der Waals surface area contributed by atoms with E-state index in [4.69, 9.17) is 35.4 Å². The molecule has 1 saturated heterocycles. The zero-order valence-electron chi connectivity index (χ0n) is 12.4. The van der Waals surface area contributed by atoms with Crippen LogP contribution in [-0.4, -0.2) is 16.9 Å². The van der Waals surface area contributed by atoms with Gasteiger partial charge in [0.05, 0.1) is 15.7 Å². The van der Waals surface area contributed by atoms with Gasteiger partial charge in [-0.25, -0.2) is 0 Å². The molecule has 1 aliphatic rings. The Morgan fingerprint density at radius 3 is 2.52 bits per heavy atom. The SMILES string of the molecule is O=C1NC(=S)N(c2cccc(Cl)c2Cl)C(=O)/C1=C/c1ccccc1Br. The number of benzene rings is 2. The molecule has 1 fully saturated rings. The van der Waals surface area contributed by atoms with Crippen molar-refractivity contribution in [3.63, 3.8) is 0 Å². The van der Waals surface area contributed by atoms with Crippen LogP contribution in [0, 0.1) is 0 Å². The lowest BCUT2D eigenvalue weighted by Gasteiger charge is -2.29. The molecular formula is C17H9BrCl2N2O2S. The zero-order chi connectivity index (χ0) is 18.1. The zero-order valence-corrected chi connectivity index (χ0v) is 16.3. The molecule has 25 heavy (non-hydrogen) atoms. The predicted molar refractivity (Wildman–Crippen MR) is 107 cm³/mol. The van der Waals surface area contributed by atoms with Gasteiger partial charge >= 0.3 is 0 Å². The molecule has 0 aromatic heterocycles. The van der Waals surface area contributed by atoms with Crippen LogP contribution in [0.4, 0.5) is 5.69 Å². The highest BCUT2D eigenvalue weighted by Crippen LogP contribution is 2.34. The fraction of sp³-hybridized carbons (Fsp3) is 0. The second-order valence-electron chi connectivity index (χ2n) is 5.05. The summed E-state index contributed by atoms with van der Waals surface area (Å²) in [6, 6.07) is 12.1. The third-order valence-corrected chi connectivity index (χ3v) is 5.29. The molecule has 0 bridgehead atoms. The van der Waals surface area contributed by atoms with Crippen molar-refractivity contribution < 1.29 is 9.59 Å². The number of thiocarbonyl (C=S) groups is 1. The van der Waals surface area contributed by atoms with E-state index in [1.807, 2.05) is 12.1 Å². The minimum Gasteiger partial charge on any atom is -0.298 e. The smallest absolute Gasteiger partial charge is 0.270 e. The Labute approximate surface area is 167 Å². The van der Waals surface area contributed by atoms with E-state index < -0.39 is 11.8 Å². The van der Waals surface area contributed by atoms with Gasteiger partial charge in [0.25, 0.3) is 11.8 Å². The summed E-state index contributed by atoms with van der Waals surface area (Å²) in [5.74, 6) is -1.14. The molecule has 8 heteroatoms. The average molecular weight is 456 g/mol. The standard InChI is InChI=1S/C17H9BrCl2N2O2S/c18-11-5-2-1-4-9(11)8-10-15(23)21-17(25)22(16(10)24)13-7-3-6-12(19)14(13)20/h1-8H,(H,21,23,25)/b10-8+. The van der Waals surface area contributed by atoms with E-state index in [0.717, 1.165) is 9.37 Å². The second kappa shape index (κ2) is 7.25. The van der Waals surface area contributed by atoms with Crippen molar-refractivity contribution in [2.75, 3.05) is 4.90 Å². The maximum Gasteiger partial charge on any atom is 0.270 e. The second-order valence-corrected chi connectivity index (χ2v) is 7.08. The Morgan fingerprint density at radius 2 is 1.80 bits per heavy atom. The molecule has 0 spiro atoms. The summed E-state index contributed by atoms with van der Waals surface area (Å²) in [5.41, 5.74) is 0.935. The van der Waals surface area contributed by atoms with Crippen molar-refractivity contribution in [3.05, 3.63) is 68.1 Å². The summed E-state index contributed by atoms with van der Waals surface area (Å²) in [5, 5.41) is 2.91. The number of carbonyl (C=O) groups is 2. The van der Waals surface area contributed by atoms with Crippen molar-refractivity contribution in [1.29, 1.82) is 0 Å². The largest absolute Gasteiger partial charge is 0.298 e. The molecular weight excluding hydrogens is 447 g/mol. The highest BCUT2D eigenvalue weighted by Gasteiger charge is 2.35. The van der Waals surface area contributed by atoms with Crippen LogP contribution < -0.4 is 10.2 Å². The first-order valence-electron chi connectivity index (χ1n) is 7.00. The van der Waals surface area contributed by atoms with Crippen molar-refractivity contribution >= 4 is 80.0 Å². The minimum atomic E-state index is -0.575. The quantitative estimate of drug-likeness (QED) is 0.409. The molecule has 126 valence electrons. The van der Waals surface area contributed by atoms with E-state index in [9.17, 15) is 9.59 Å². The number of rotatable bonds is 2. The molecule has 0 aliphatic carbocycles. The number of nitrogens with zero attached hydrogens (tertiary/aromatic N) is 1. The average Bonchev–Trinajstić information content (AvgIpc) is 2.56. The summed E-state index contributed by atoms with van der Waals surface area (Å²) in [7, 11) is 0. The number of hydrogen-bond acceptors (Lipinski definition) is 3. The van der Waals surface area contributed by atoms with Crippen molar-refractivity contribution in [3.8, 4) is 0 Å². The molecule has 0 radical (unpaired) electrons. The third-order valence-electron chi connectivity index (χ3n) is 3.48. The molecule has 0 saturated carbocycles. The van der Waals surface area contributed by atoms with Gasteiger partial charge in [0.15, 0.2) is 5.11 Å². The van der Waals surface area contributed by atoms with Gasteiger partial charge in [0.1, 0.15) is 5.57 Å². The lowest BCUT2D eigenvalue weighted by Crippen LogP contribution is -2.54. The highest BCUT2D eigenvalue weighted by molar-refractivity contribution is 9.10. The molecule has 2 aromatic rings. The molecule has 0 unspecified atom stereocenters. The first kappa shape index (κ1) is 18.1. The Hall–Kier alpha value is -1.73. The normalized spacial score (nSPS) is 16.4. The van der Waals surface area contributed by atoms with Crippen LogP contribution in [0.5, 0.6) is 0 Å². The van der Waals surface area contributed by atoms with E-state index in [-0.39, 0.29) is 20.7 Å². The van der Waals surface area contributed by atoms with Gasteiger partial charge in [0, 0.05) is 4.47 Å². The monoisotopic (exact) mass is 454 g/mol. The van der Waals surface area contributed by atoms with Crippen LogP contribution in [0.2, 0.25) is 10.0 Å². The molecule has 3 rings (SSSR count). The van der Waals surface area contributed by atoms with Crippen LogP contribution in [0.25, 0.3) is 6.08 Å². The summed E-state index contributed by atoms with van der Waals surface area (Å²) in [6.45, 7) is 0. The number of anilines is 1. The highest BCUT2D eigenvalue weighted by atomic mass is 79.9.